The van der Waals surface area contributed by atoms with Gasteiger partial charge >= 0.3 is 0 Å². The maximum absolute atomic E-state index is 11.6. The van der Waals surface area contributed by atoms with Gasteiger partial charge in [-0.15, -0.1) is 0 Å². The Labute approximate surface area is 187 Å². The molecule has 0 radical (unpaired) electrons. The lowest BCUT2D eigenvalue weighted by atomic mass is 9.95. The number of ether oxygens (including phenoxy) is 1. The molecule has 120 valence electrons. The van der Waals surface area contributed by atoms with Gasteiger partial charge in [0.2, 0.25) is 0 Å². The highest BCUT2D eigenvalue weighted by molar-refractivity contribution is 14.1. The maximum atomic E-state index is 11.6. The molecule has 0 aromatic heterocycles. The third-order valence-corrected chi connectivity index (χ3v) is 6.84. The van der Waals surface area contributed by atoms with Gasteiger partial charge in [-0.3, -0.25) is 9.59 Å². The van der Waals surface area contributed by atoms with Gasteiger partial charge in [-0.25, -0.2) is 0 Å². The number of hydrogen-bond donors (Lipinski definition) is 1. The van der Waals surface area contributed by atoms with E-state index in [9.17, 15) is 14.7 Å². The zero-order chi connectivity index (χ0) is 17.3. The van der Waals surface area contributed by atoms with Crippen molar-refractivity contribution in [3.63, 3.8) is 0 Å². The van der Waals surface area contributed by atoms with E-state index >= 15 is 0 Å². The summed E-state index contributed by atoms with van der Waals surface area (Å²) in [5.74, 6) is 0.731. The molecule has 2 rings (SSSR count). The van der Waals surface area contributed by atoms with Gasteiger partial charge in [0.15, 0.2) is 12.6 Å². The Bertz CT molecular complexity index is 818. The first-order valence-corrected chi connectivity index (χ1v) is 10.4. The molecule has 0 amide bonds. The first-order chi connectivity index (χ1) is 10.9. The molecule has 4 nitrogen and oxygen atoms in total. The first kappa shape index (κ1) is 19.6. The lowest BCUT2D eigenvalue weighted by Gasteiger charge is -2.17. The minimum absolute atomic E-state index is 0.0944. The second kappa shape index (κ2) is 8.12. The van der Waals surface area contributed by atoms with Crippen molar-refractivity contribution in [2.45, 2.75) is 0 Å². The van der Waals surface area contributed by atoms with Gasteiger partial charge in [0.25, 0.3) is 0 Å². The van der Waals surface area contributed by atoms with Crippen LogP contribution in [0.15, 0.2) is 12.1 Å². The number of aromatic hydroxyl groups is 1. The number of carbonyl (C=O) groups is 2. The second-order valence-corrected chi connectivity index (χ2v) is 8.87. The summed E-state index contributed by atoms with van der Waals surface area (Å²) in [4.78, 5) is 23.1. The fourth-order valence-electron chi connectivity index (χ4n) is 2.13. The van der Waals surface area contributed by atoms with Crippen molar-refractivity contribution < 1.29 is 19.4 Å². The molecule has 0 heterocycles. The van der Waals surface area contributed by atoms with Crippen molar-refractivity contribution in [3.05, 3.63) is 37.5 Å². The van der Waals surface area contributed by atoms with Crippen LogP contribution < -0.4 is 4.74 Å². The maximum Gasteiger partial charge on any atom is 0.150 e. The van der Waals surface area contributed by atoms with Crippen molar-refractivity contribution in [3.8, 4) is 22.6 Å². The van der Waals surface area contributed by atoms with Gasteiger partial charge in [0, 0.05) is 22.3 Å². The minimum atomic E-state index is 0.0944. The summed E-state index contributed by atoms with van der Waals surface area (Å²) in [6.45, 7) is 0. The summed E-state index contributed by atoms with van der Waals surface area (Å²) in [5.41, 5.74) is 2.00. The van der Waals surface area contributed by atoms with Gasteiger partial charge in [-0.2, -0.15) is 0 Å². The lowest BCUT2D eigenvalue weighted by molar-refractivity contribution is 0.111. The number of methoxy groups -OCH3 is 1. The predicted octanol–water partition coefficient (Wildman–Crippen LogP) is 5.11. The van der Waals surface area contributed by atoms with Crippen LogP contribution >= 0.6 is 90.4 Å². The van der Waals surface area contributed by atoms with E-state index in [0.717, 1.165) is 19.7 Å². The van der Waals surface area contributed by atoms with E-state index in [0.29, 0.717) is 35.1 Å². The molecule has 0 aliphatic carbocycles. The van der Waals surface area contributed by atoms with Gasteiger partial charge < -0.3 is 9.84 Å². The Kier molecular flexibility index (Phi) is 6.93. The Morgan fingerprint density at radius 1 is 0.913 bits per heavy atom. The number of rotatable bonds is 4. The van der Waals surface area contributed by atoms with E-state index in [1.807, 2.05) is 45.2 Å². The van der Waals surface area contributed by atoms with Crippen LogP contribution in [0.25, 0.3) is 11.1 Å². The highest BCUT2D eigenvalue weighted by Gasteiger charge is 2.24. The SMILES string of the molecule is COc1c(I)cc(C=O)c(-c2c(C=O)cc(I)c(O)c2I)c1I. The summed E-state index contributed by atoms with van der Waals surface area (Å²) < 4.78 is 8.06. The molecule has 2 aromatic carbocycles. The topological polar surface area (TPSA) is 63.6 Å². The van der Waals surface area contributed by atoms with Gasteiger partial charge in [0.05, 0.1) is 21.4 Å². The molecule has 0 unspecified atom stereocenters. The summed E-state index contributed by atoms with van der Waals surface area (Å²) in [6.07, 6.45) is 1.48. The lowest BCUT2D eigenvalue weighted by Crippen LogP contribution is -2.03. The van der Waals surface area contributed by atoms with Crippen molar-refractivity contribution in [1.29, 1.82) is 0 Å². The zero-order valence-corrected chi connectivity index (χ0v) is 20.1. The molecular formula is C15H8I4O4. The van der Waals surface area contributed by atoms with E-state index in [2.05, 4.69) is 45.2 Å². The Balaban J connectivity index is 3.00. The summed E-state index contributed by atoms with van der Waals surface area (Å²) in [6, 6.07) is 3.32. The average Bonchev–Trinajstić information content (AvgIpc) is 2.53. The number of phenolic OH excluding ortho intramolecular Hbond substituents is 1. The molecule has 0 fully saturated rings. The molecule has 0 aliphatic heterocycles. The molecule has 0 saturated heterocycles. The largest absolute Gasteiger partial charge is 0.506 e. The molecule has 23 heavy (non-hydrogen) atoms. The van der Waals surface area contributed by atoms with Crippen molar-refractivity contribution in [1.82, 2.24) is 0 Å². The number of halogens is 4. The molecule has 0 bridgehead atoms. The molecule has 2 aromatic rings. The van der Waals surface area contributed by atoms with Crippen LogP contribution in [0.4, 0.5) is 0 Å². The van der Waals surface area contributed by atoms with Gasteiger partial charge in [-0.1, -0.05) is 0 Å². The highest BCUT2D eigenvalue weighted by Crippen LogP contribution is 2.43. The predicted molar refractivity (Wildman–Crippen MR) is 122 cm³/mol. The monoisotopic (exact) mass is 760 g/mol. The van der Waals surface area contributed by atoms with E-state index in [1.54, 1.807) is 19.2 Å². The number of phenols is 1. The first-order valence-electron chi connectivity index (χ1n) is 6.05. The van der Waals surface area contributed by atoms with E-state index in [4.69, 9.17) is 4.74 Å². The van der Waals surface area contributed by atoms with E-state index < -0.39 is 0 Å². The van der Waals surface area contributed by atoms with Crippen LogP contribution in [-0.4, -0.2) is 24.8 Å². The minimum Gasteiger partial charge on any atom is -0.506 e. The highest BCUT2D eigenvalue weighted by atomic mass is 127. The van der Waals surface area contributed by atoms with Crippen molar-refractivity contribution >= 4 is 103 Å². The number of benzene rings is 2. The molecule has 0 spiro atoms. The fraction of sp³-hybridized carbons (Fsp3) is 0.0667. The summed E-state index contributed by atoms with van der Waals surface area (Å²) in [7, 11) is 1.56. The Morgan fingerprint density at radius 3 is 1.87 bits per heavy atom. The normalized spacial score (nSPS) is 10.5. The number of aldehydes is 2. The standard InChI is InChI=1S/C15H8I4O4/c1-23-15-9(17)3-7(5-21)11(13(15)19)10-6(4-20)2-8(16)14(22)12(10)18/h2-5,22H,1H3. The number of carbonyl (C=O) groups excluding carboxylic acids is 2. The van der Waals surface area contributed by atoms with Crippen molar-refractivity contribution in [2.75, 3.05) is 7.11 Å². The van der Waals surface area contributed by atoms with Crippen LogP contribution in [0, 0.1) is 14.3 Å². The molecule has 1 N–H and O–H groups in total. The quantitative estimate of drug-likeness (QED) is 0.348. The molecule has 0 aliphatic rings. The van der Waals surface area contributed by atoms with Crippen LogP contribution in [0.5, 0.6) is 11.5 Å². The Hall–Kier alpha value is 0.300. The fourth-order valence-corrected chi connectivity index (χ4v) is 6.55. The second-order valence-electron chi connectivity index (χ2n) is 4.39. The van der Waals surface area contributed by atoms with E-state index in [1.165, 1.54) is 0 Å². The van der Waals surface area contributed by atoms with Gasteiger partial charge in [0.1, 0.15) is 11.5 Å². The van der Waals surface area contributed by atoms with E-state index in [-0.39, 0.29) is 5.75 Å². The van der Waals surface area contributed by atoms with Crippen LogP contribution in [0.3, 0.4) is 0 Å². The molecular weight excluding hydrogens is 752 g/mol. The molecule has 0 saturated carbocycles. The Morgan fingerprint density at radius 2 is 1.39 bits per heavy atom. The summed E-state index contributed by atoms with van der Waals surface area (Å²) in [5, 5.41) is 10.2. The molecule has 8 heteroatoms. The third-order valence-electron chi connectivity index (χ3n) is 3.14. The van der Waals surface area contributed by atoms with Gasteiger partial charge in [-0.05, 0) is 102 Å². The number of hydrogen-bond acceptors (Lipinski definition) is 4. The van der Waals surface area contributed by atoms with Crippen LogP contribution in [0.2, 0.25) is 0 Å². The van der Waals surface area contributed by atoms with Crippen LogP contribution in [0.1, 0.15) is 20.7 Å². The third kappa shape index (κ3) is 3.63. The van der Waals surface area contributed by atoms with Crippen molar-refractivity contribution in [2.24, 2.45) is 0 Å². The molecule has 0 atom stereocenters. The average molecular weight is 760 g/mol. The van der Waals surface area contributed by atoms with Crippen LogP contribution in [-0.2, 0) is 0 Å². The smallest absolute Gasteiger partial charge is 0.150 e. The summed E-state index contributed by atoms with van der Waals surface area (Å²) >= 11 is 8.16. The zero-order valence-electron chi connectivity index (χ0n) is 11.5.